The van der Waals surface area contributed by atoms with E-state index in [1.165, 1.54) is 19.3 Å². The highest BCUT2D eigenvalue weighted by Crippen LogP contribution is 2.32. The van der Waals surface area contributed by atoms with Gasteiger partial charge in [-0.3, -0.25) is 0 Å². The average Bonchev–Trinajstić information content (AvgIpc) is 3.10. The maximum absolute atomic E-state index is 12.3. The van der Waals surface area contributed by atoms with Gasteiger partial charge in [0.15, 0.2) is 0 Å². The van der Waals surface area contributed by atoms with Gasteiger partial charge in [-0.1, -0.05) is 19.3 Å². The van der Waals surface area contributed by atoms with Gasteiger partial charge in [0.25, 0.3) is 0 Å². The van der Waals surface area contributed by atoms with Crippen molar-refractivity contribution in [3.05, 3.63) is 0 Å². The van der Waals surface area contributed by atoms with Crippen molar-refractivity contribution in [2.75, 3.05) is 18.2 Å². The lowest BCUT2D eigenvalue weighted by Gasteiger charge is -2.26. The van der Waals surface area contributed by atoms with Gasteiger partial charge < -0.3 is 0 Å². The van der Waals surface area contributed by atoms with Gasteiger partial charge in [0.2, 0.25) is 10.0 Å². The largest absolute Gasteiger partial charge is 0.214 e. The quantitative estimate of drug-likeness (QED) is 0.701. The van der Waals surface area contributed by atoms with Crippen LogP contribution in [0, 0.1) is 5.92 Å². The first kappa shape index (κ1) is 13.6. The molecule has 0 N–H and O–H groups in total. The molecule has 17 heavy (non-hydrogen) atoms. The molecule has 0 aromatic carbocycles. The predicted molar refractivity (Wildman–Crippen MR) is 70.8 cm³/mol. The van der Waals surface area contributed by atoms with Crippen LogP contribution >= 0.6 is 11.6 Å². The van der Waals surface area contributed by atoms with E-state index in [-0.39, 0.29) is 6.04 Å². The normalized spacial score (nSPS) is 23.2. The van der Waals surface area contributed by atoms with Gasteiger partial charge in [0, 0.05) is 18.5 Å². The Labute approximate surface area is 110 Å². The third-order valence-corrected chi connectivity index (χ3v) is 6.04. The summed E-state index contributed by atoms with van der Waals surface area (Å²) in [4.78, 5) is 0. The van der Waals surface area contributed by atoms with E-state index in [0.29, 0.717) is 24.1 Å². The zero-order valence-corrected chi connectivity index (χ0v) is 11.8. The molecule has 0 amide bonds. The molecule has 2 aliphatic carbocycles. The van der Waals surface area contributed by atoms with Gasteiger partial charge in [-0.25, -0.2) is 8.42 Å². The standard InChI is InChI=1S/C12H22ClNO2S/c13-8-9-14(12-6-7-12)17(15,16)10-11-4-2-1-3-5-11/h11-12H,1-10H2. The van der Waals surface area contributed by atoms with Gasteiger partial charge in [0.1, 0.15) is 0 Å². The van der Waals surface area contributed by atoms with Crippen LogP contribution in [0.4, 0.5) is 0 Å². The van der Waals surface area contributed by atoms with Crippen molar-refractivity contribution in [1.82, 2.24) is 4.31 Å². The summed E-state index contributed by atoms with van der Waals surface area (Å²) in [5.74, 6) is 1.13. The van der Waals surface area contributed by atoms with E-state index in [1.807, 2.05) is 0 Å². The highest BCUT2D eigenvalue weighted by atomic mass is 35.5. The van der Waals surface area contributed by atoms with Gasteiger partial charge in [-0.05, 0) is 31.6 Å². The average molecular weight is 280 g/mol. The molecule has 5 heteroatoms. The number of rotatable bonds is 6. The Morgan fingerprint density at radius 1 is 1.06 bits per heavy atom. The van der Waals surface area contributed by atoms with Crippen molar-refractivity contribution in [2.45, 2.75) is 51.0 Å². The van der Waals surface area contributed by atoms with E-state index in [2.05, 4.69) is 0 Å². The van der Waals surface area contributed by atoms with Crippen molar-refractivity contribution in [2.24, 2.45) is 5.92 Å². The molecule has 0 bridgehead atoms. The second-order valence-corrected chi connectivity index (χ2v) is 7.66. The molecule has 0 spiro atoms. The summed E-state index contributed by atoms with van der Waals surface area (Å²) in [7, 11) is -3.07. The molecule has 2 fully saturated rings. The van der Waals surface area contributed by atoms with Gasteiger partial charge in [0.05, 0.1) is 5.75 Å². The SMILES string of the molecule is O=S(=O)(CC1CCCCC1)N(CCCl)C1CC1. The third-order valence-electron chi connectivity index (χ3n) is 3.79. The van der Waals surface area contributed by atoms with Crippen LogP contribution in [0.2, 0.25) is 0 Å². The number of sulfonamides is 1. The number of hydrogen-bond acceptors (Lipinski definition) is 2. The Morgan fingerprint density at radius 2 is 1.71 bits per heavy atom. The Hall–Kier alpha value is 0.200. The fourth-order valence-corrected chi connectivity index (χ4v) is 5.18. The fraction of sp³-hybridized carbons (Fsp3) is 1.00. The van der Waals surface area contributed by atoms with E-state index in [4.69, 9.17) is 11.6 Å². The smallest absolute Gasteiger partial charge is 0.212 e. The van der Waals surface area contributed by atoms with Crippen molar-refractivity contribution in [1.29, 1.82) is 0 Å². The van der Waals surface area contributed by atoms with Gasteiger partial charge in [-0.2, -0.15) is 4.31 Å². The molecule has 0 unspecified atom stereocenters. The Morgan fingerprint density at radius 3 is 2.24 bits per heavy atom. The molecule has 0 aromatic heterocycles. The van der Waals surface area contributed by atoms with E-state index in [0.717, 1.165) is 25.7 Å². The van der Waals surface area contributed by atoms with Crippen LogP contribution in [-0.4, -0.2) is 36.9 Å². The van der Waals surface area contributed by atoms with E-state index in [1.54, 1.807) is 4.31 Å². The first-order chi connectivity index (χ1) is 8.13. The van der Waals surface area contributed by atoms with Crippen LogP contribution in [0.5, 0.6) is 0 Å². The van der Waals surface area contributed by atoms with E-state index in [9.17, 15) is 8.42 Å². The van der Waals surface area contributed by atoms with Crippen LogP contribution in [0.1, 0.15) is 44.9 Å². The predicted octanol–water partition coefficient (Wildman–Crippen LogP) is 2.60. The Kier molecular flexibility index (Phi) is 4.72. The molecule has 2 saturated carbocycles. The maximum atomic E-state index is 12.3. The highest BCUT2D eigenvalue weighted by molar-refractivity contribution is 7.89. The van der Waals surface area contributed by atoms with Crippen molar-refractivity contribution < 1.29 is 8.42 Å². The Balaban J connectivity index is 1.95. The number of alkyl halides is 1. The molecule has 0 saturated heterocycles. The lowest BCUT2D eigenvalue weighted by molar-refractivity contribution is 0.367. The second kappa shape index (κ2) is 5.89. The van der Waals surface area contributed by atoms with Crippen LogP contribution in [-0.2, 0) is 10.0 Å². The minimum Gasteiger partial charge on any atom is -0.212 e. The van der Waals surface area contributed by atoms with Crippen LogP contribution in [0.15, 0.2) is 0 Å². The molecule has 100 valence electrons. The molecule has 0 radical (unpaired) electrons. The zero-order chi connectivity index (χ0) is 12.3. The van der Waals surface area contributed by atoms with Crippen molar-refractivity contribution >= 4 is 21.6 Å². The molecular weight excluding hydrogens is 258 g/mol. The summed E-state index contributed by atoms with van der Waals surface area (Å²) in [5.41, 5.74) is 0. The molecule has 0 atom stereocenters. The minimum absolute atomic E-state index is 0.252. The minimum atomic E-state index is -3.07. The Bertz CT molecular complexity index is 334. The summed E-state index contributed by atoms with van der Waals surface area (Å²) in [6.45, 7) is 0.487. The summed E-state index contributed by atoms with van der Waals surface area (Å²) in [6, 6.07) is 0.252. The molecule has 2 aliphatic rings. The first-order valence-electron chi connectivity index (χ1n) is 6.69. The summed E-state index contributed by atoms with van der Waals surface area (Å²) < 4.78 is 26.3. The third kappa shape index (κ3) is 3.83. The molecule has 3 nitrogen and oxygen atoms in total. The summed E-state index contributed by atoms with van der Waals surface area (Å²) in [6.07, 6.45) is 7.85. The summed E-state index contributed by atoms with van der Waals surface area (Å²) in [5, 5.41) is 0. The van der Waals surface area contributed by atoms with E-state index >= 15 is 0 Å². The monoisotopic (exact) mass is 279 g/mol. The van der Waals surface area contributed by atoms with Gasteiger partial charge >= 0.3 is 0 Å². The maximum Gasteiger partial charge on any atom is 0.214 e. The molecule has 0 aliphatic heterocycles. The topological polar surface area (TPSA) is 37.4 Å². The second-order valence-electron chi connectivity index (χ2n) is 5.31. The number of halogens is 1. The number of hydrogen-bond donors (Lipinski definition) is 0. The lowest BCUT2D eigenvalue weighted by Crippen LogP contribution is -2.38. The van der Waals surface area contributed by atoms with Crippen LogP contribution in [0.25, 0.3) is 0 Å². The highest BCUT2D eigenvalue weighted by Gasteiger charge is 2.37. The first-order valence-corrected chi connectivity index (χ1v) is 8.83. The molecule has 0 heterocycles. The van der Waals surface area contributed by atoms with E-state index < -0.39 is 10.0 Å². The zero-order valence-electron chi connectivity index (χ0n) is 10.3. The summed E-state index contributed by atoms with van der Waals surface area (Å²) >= 11 is 5.71. The van der Waals surface area contributed by atoms with Crippen molar-refractivity contribution in [3.8, 4) is 0 Å². The molecule has 2 rings (SSSR count). The van der Waals surface area contributed by atoms with Crippen LogP contribution in [0.3, 0.4) is 0 Å². The number of nitrogens with zero attached hydrogens (tertiary/aromatic N) is 1. The van der Waals surface area contributed by atoms with Crippen molar-refractivity contribution in [3.63, 3.8) is 0 Å². The lowest BCUT2D eigenvalue weighted by atomic mass is 9.91. The molecular formula is C12H22ClNO2S. The fourth-order valence-electron chi connectivity index (χ4n) is 2.74. The van der Waals surface area contributed by atoms with Gasteiger partial charge in [-0.15, -0.1) is 11.6 Å². The molecule has 0 aromatic rings. The van der Waals surface area contributed by atoms with Crippen LogP contribution < -0.4 is 0 Å².